The standard InChI is InChI=1S/C13H18N2S/c1-12(2,11-4-3-7-16-11)9-15-10-13(8-14)5-6-13/h3-4,7,15H,5-6,9-10H2,1-2H3. The third-order valence-electron chi connectivity index (χ3n) is 3.31. The largest absolute Gasteiger partial charge is 0.314 e. The molecule has 1 aromatic heterocycles. The average Bonchev–Trinajstić information content (AvgIpc) is 2.81. The van der Waals surface area contributed by atoms with Crippen LogP contribution in [0.4, 0.5) is 0 Å². The number of nitrogens with one attached hydrogen (secondary N) is 1. The molecule has 0 saturated heterocycles. The highest BCUT2D eigenvalue weighted by Crippen LogP contribution is 2.44. The number of rotatable bonds is 5. The van der Waals surface area contributed by atoms with E-state index >= 15 is 0 Å². The Morgan fingerprint density at radius 2 is 2.31 bits per heavy atom. The lowest BCUT2D eigenvalue weighted by atomic mass is 9.91. The van der Waals surface area contributed by atoms with Crippen LogP contribution in [0.5, 0.6) is 0 Å². The van der Waals surface area contributed by atoms with Crippen LogP contribution < -0.4 is 5.32 Å². The molecule has 1 aromatic rings. The Morgan fingerprint density at radius 3 is 2.81 bits per heavy atom. The van der Waals surface area contributed by atoms with Crippen molar-refractivity contribution in [2.75, 3.05) is 13.1 Å². The Hall–Kier alpha value is -0.850. The molecule has 0 spiro atoms. The summed E-state index contributed by atoms with van der Waals surface area (Å²) in [5.74, 6) is 0. The first-order valence-electron chi connectivity index (χ1n) is 5.74. The first-order valence-corrected chi connectivity index (χ1v) is 6.62. The number of hydrogen-bond acceptors (Lipinski definition) is 3. The van der Waals surface area contributed by atoms with Gasteiger partial charge >= 0.3 is 0 Å². The third-order valence-corrected chi connectivity index (χ3v) is 4.55. The van der Waals surface area contributed by atoms with Crippen LogP contribution >= 0.6 is 11.3 Å². The van der Waals surface area contributed by atoms with E-state index in [2.05, 4.69) is 42.7 Å². The Labute approximate surface area is 101 Å². The van der Waals surface area contributed by atoms with Gasteiger partial charge in [0.15, 0.2) is 0 Å². The molecule has 1 aliphatic rings. The molecule has 0 unspecified atom stereocenters. The van der Waals surface area contributed by atoms with Crippen LogP contribution in [0.2, 0.25) is 0 Å². The van der Waals surface area contributed by atoms with Crippen molar-refractivity contribution in [1.82, 2.24) is 5.32 Å². The van der Waals surface area contributed by atoms with Gasteiger partial charge in [-0.2, -0.15) is 5.26 Å². The summed E-state index contributed by atoms with van der Waals surface area (Å²) in [5.41, 5.74) is 0.130. The first kappa shape index (κ1) is 11.6. The van der Waals surface area contributed by atoms with Crippen molar-refractivity contribution in [3.63, 3.8) is 0 Å². The van der Waals surface area contributed by atoms with Gasteiger partial charge < -0.3 is 5.32 Å². The van der Waals surface area contributed by atoms with Gasteiger partial charge in [-0.15, -0.1) is 11.3 Å². The smallest absolute Gasteiger partial charge is 0.0703 e. The molecular formula is C13H18N2S. The Morgan fingerprint density at radius 1 is 1.56 bits per heavy atom. The lowest BCUT2D eigenvalue weighted by Gasteiger charge is -2.24. The molecule has 16 heavy (non-hydrogen) atoms. The van der Waals surface area contributed by atoms with Gasteiger partial charge in [0.05, 0.1) is 11.5 Å². The molecule has 86 valence electrons. The highest BCUT2D eigenvalue weighted by Gasteiger charge is 2.42. The molecule has 0 radical (unpaired) electrons. The second-order valence-electron chi connectivity index (χ2n) is 5.36. The van der Waals surface area contributed by atoms with Gasteiger partial charge in [-0.05, 0) is 24.3 Å². The topological polar surface area (TPSA) is 35.8 Å². The van der Waals surface area contributed by atoms with Crippen molar-refractivity contribution < 1.29 is 0 Å². The monoisotopic (exact) mass is 234 g/mol. The Kier molecular flexibility index (Phi) is 3.05. The van der Waals surface area contributed by atoms with Crippen molar-refractivity contribution in [3.8, 4) is 6.07 Å². The van der Waals surface area contributed by atoms with E-state index in [4.69, 9.17) is 5.26 Å². The fourth-order valence-electron chi connectivity index (χ4n) is 1.84. The Balaban J connectivity index is 1.84. The van der Waals surface area contributed by atoms with Crippen LogP contribution in [0.3, 0.4) is 0 Å². The molecule has 2 nitrogen and oxygen atoms in total. The fourth-order valence-corrected chi connectivity index (χ4v) is 2.70. The number of thiophene rings is 1. The first-order chi connectivity index (χ1) is 7.58. The molecule has 2 rings (SSSR count). The summed E-state index contributed by atoms with van der Waals surface area (Å²) >= 11 is 1.80. The third kappa shape index (κ3) is 2.45. The van der Waals surface area contributed by atoms with Crippen LogP contribution in [0.25, 0.3) is 0 Å². The quantitative estimate of drug-likeness (QED) is 0.850. The van der Waals surface area contributed by atoms with E-state index in [0.717, 1.165) is 25.9 Å². The minimum absolute atomic E-state index is 0.0362. The Bertz CT molecular complexity index is 383. The summed E-state index contributed by atoms with van der Waals surface area (Å²) in [6.07, 6.45) is 2.13. The van der Waals surface area contributed by atoms with E-state index in [1.54, 1.807) is 11.3 Å². The van der Waals surface area contributed by atoms with Gasteiger partial charge in [0.2, 0.25) is 0 Å². The normalized spacial score (nSPS) is 18.1. The molecule has 1 heterocycles. The lowest BCUT2D eigenvalue weighted by Crippen LogP contribution is -2.35. The van der Waals surface area contributed by atoms with Crippen molar-refractivity contribution in [2.45, 2.75) is 32.1 Å². The number of hydrogen-bond donors (Lipinski definition) is 1. The molecule has 0 bridgehead atoms. The van der Waals surface area contributed by atoms with Crippen LogP contribution in [0, 0.1) is 16.7 Å². The molecule has 0 aromatic carbocycles. The van der Waals surface area contributed by atoms with Crippen LogP contribution in [0.15, 0.2) is 17.5 Å². The summed E-state index contributed by atoms with van der Waals surface area (Å²) < 4.78 is 0. The summed E-state index contributed by atoms with van der Waals surface area (Å²) in [6.45, 7) is 6.28. The molecule has 0 aliphatic heterocycles. The fraction of sp³-hybridized carbons (Fsp3) is 0.615. The number of nitriles is 1. The van der Waals surface area contributed by atoms with Crippen molar-refractivity contribution >= 4 is 11.3 Å². The van der Waals surface area contributed by atoms with Gasteiger partial charge in [0.1, 0.15) is 0 Å². The molecular weight excluding hydrogens is 216 g/mol. The summed E-state index contributed by atoms with van der Waals surface area (Å²) in [7, 11) is 0. The second-order valence-corrected chi connectivity index (χ2v) is 6.30. The van der Waals surface area contributed by atoms with Crippen LogP contribution in [-0.4, -0.2) is 13.1 Å². The summed E-state index contributed by atoms with van der Waals surface area (Å²) in [5, 5.41) is 14.6. The minimum Gasteiger partial charge on any atom is -0.314 e. The van der Waals surface area contributed by atoms with Crippen LogP contribution in [0.1, 0.15) is 31.6 Å². The highest BCUT2D eigenvalue weighted by molar-refractivity contribution is 7.10. The molecule has 0 amide bonds. The zero-order chi connectivity index (χ0) is 11.6. The SMILES string of the molecule is CC(C)(CNCC1(C#N)CC1)c1cccs1. The van der Waals surface area contributed by atoms with E-state index < -0.39 is 0 Å². The van der Waals surface area contributed by atoms with E-state index in [1.165, 1.54) is 4.88 Å². The predicted octanol–water partition coefficient (Wildman–Crippen LogP) is 2.92. The van der Waals surface area contributed by atoms with Gasteiger partial charge in [-0.1, -0.05) is 19.9 Å². The van der Waals surface area contributed by atoms with E-state index in [-0.39, 0.29) is 10.8 Å². The highest BCUT2D eigenvalue weighted by atomic mass is 32.1. The maximum absolute atomic E-state index is 8.98. The zero-order valence-electron chi connectivity index (χ0n) is 9.92. The van der Waals surface area contributed by atoms with Gasteiger partial charge in [0, 0.05) is 23.4 Å². The van der Waals surface area contributed by atoms with E-state index in [9.17, 15) is 0 Å². The van der Waals surface area contributed by atoms with Crippen molar-refractivity contribution in [3.05, 3.63) is 22.4 Å². The molecule has 1 aliphatic carbocycles. The second kappa shape index (κ2) is 4.20. The maximum atomic E-state index is 8.98. The molecule has 0 atom stereocenters. The van der Waals surface area contributed by atoms with Crippen LogP contribution in [-0.2, 0) is 5.41 Å². The summed E-state index contributed by atoms with van der Waals surface area (Å²) in [6, 6.07) is 6.69. The molecule has 1 N–H and O–H groups in total. The van der Waals surface area contributed by atoms with Gasteiger partial charge in [-0.3, -0.25) is 0 Å². The van der Waals surface area contributed by atoms with E-state index in [1.807, 2.05) is 0 Å². The number of nitrogens with zero attached hydrogens (tertiary/aromatic N) is 1. The average molecular weight is 234 g/mol. The zero-order valence-corrected chi connectivity index (χ0v) is 10.7. The summed E-state index contributed by atoms with van der Waals surface area (Å²) in [4.78, 5) is 1.40. The van der Waals surface area contributed by atoms with Gasteiger partial charge in [0.25, 0.3) is 0 Å². The minimum atomic E-state index is -0.0362. The molecule has 1 saturated carbocycles. The van der Waals surface area contributed by atoms with Crippen molar-refractivity contribution in [2.24, 2.45) is 5.41 Å². The molecule has 3 heteroatoms. The van der Waals surface area contributed by atoms with E-state index in [0.29, 0.717) is 0 Å². The predicted molar refractivity (Wildman–Crippen MR) is 67.5 cm³/mol. The lowest BCUT2D eigenvalue weighted by molar-refractivity contribution is 0.449. The maximum Gasteiger partial charge on any atom is 0.0703 e. The van der Waals surface area contributed by atoms with Crippen molar-refractivity contribution in [1.29, 1.82) is 5.26 Å². The molecule has 1 fully saturated rings. The van der Waals surface area contributed by atoms with Gasteiger partial charge in [-0.25, -0.2) is 0 Å².